The van der Waals surface area contributed by atoms with E-state index in [1.165, 1.54) is 0 Å². The van der Waals surface area contributed by atoms with Gasteiger partial charge in [-0.3, -0.25) is 0 Å². The van der Waals surface area contributed by atoms with Gasteiger partial charge in [0.2, 0.25) is 5.95 Å². The van der Waals surface area contributed by atoms with Gasteiger partial charge in [-0.25, -0.2) is 4.98 Å². The molecule has 2 aromatic rings. The van der Waals surface area contributed by atoms with E-state index >= 15 is 0 Å². The van der Waals surface area contributed by atoms with Gasteiger partial charge in [-0.1, -0.05) is 15.9 Å². The van der Waals surface area contributed by atoms with Crippen LogP contribution in [0.1, 0.15) is 13.8 Å². The molecule has 0 aliphatic heterocycles. The lowest BCUT2D eigenvalue weighted by atomic mass is 10.3. The zero-order chi connectivity index (χ0) is 10.1. The highest BCUT2D eigenvalue weighted by Gasteiger charge is 2.03. The largest absolute Gasteiger partial charge is 0.354 e. The Bertz CT molecular complexity index is 448. The molecular weight excluding hydrogens is 242 g/mol. The normalized spacial score (nSPS) is 11.1. The summed E-state index contributed by atoms with van der Waals surface area (Å²) in [6.07, 6.45) is 0. The Morgan fingerprint density at radius 3 is 2.93 bits per heavy atom. The molecule has 0 saturated carbocycles. The molecule has 2 N–H and O–H groups in total. The van der Waals surface area contributed by atoms with Crippen molar-refractivity contribution in [1.29, 1.82) is 0 Å². The average molecular weight is 254 g/mol. The molecule has 14 heavy (non-hydrogen) atoms. The number of fused-ring (bicyclic) bond motifs is 1. The molecule has 0 unspecified atom stereocenters. The predicted octanol–water partition coefficient (Wildman–Crippen LogP) is 3.15. The van der Waals surface area contributed by atoms with E-state index in [0.29, 0.717) is 6.04 Å². The third kappa shape index (κ3) is 1.90. The number of imidazole rings is 1. The van der Waals surface area contributed by atoms with Gasteiger partial charge < -0.3 is 10.3 Å². The smallest absolute Gasteiger partial charge is 0.201 e. The number of aromatic amines is 1. The summed E-state index contributed by atoms with van der Waals surface area (Å²) in [7, 11) is 0. The van der Waals surface area contributed by atoms with Gasteiger partial charge in [0.15, 0.2) is 0 Å². The van der Waals surface area contributed by atoms with Gasteiger partial charge in [0.1, 0.15) is 0 Å². The molecule has 4 heteroatoms. The van der Waals surface area contributed by atoms with Gasteiger partial charge in [-0.15, -0.1) is 0 Å². The summed E-state index contributed by atoms with van der Waals surface area (Å²) < 4.78 is 1.06. The van der Waals surface area contributed by atoms with Crippen LogP contribution >= 0.6 is 15.9 Å². The van der Waals surface area contributed by atoms with Crippen molar-refractivity contribution < 1.29 is 0 Å². The van der Waals surface area contributed by atoms with Crippen LogP contribution in [0, 0.1) is 0 Å². The molecule has 0 atom stereocenters. The lowest BCUT2D eigenvalue weighted by molar-refractivity contribution is 0.883. The minimum absolute atomic E-state index is 0.388. The van der Waals surface area contributed by atoms with Crippen molar-refractivity contribution in [2.45, 2.75) is 19.9 Å². The van der Waals surface area contributed by atoms with Crippen LogP contribution in [0.3, 0.4) is 0 Å². The maximum Gasteiger partial charge on any atom is 0.201 e. The van der Waals surface area contributed by atoms with Crippen LogP contribution in [-0.4, -0.2) is 16.0 Å². The molecule has 3 nitrogen and oxygen atoms in total. The number of anilines is 1. The van der Waals surface area contributed by atoms with Crippen LogP contribution in [0.5, 0.6) is 0 Å². The standard InChI is InChI=1S/C10H12BrN3/c1-6(2)12-10-13-8-4-3-7(11)5-9(8)14-10/h3-6H,1-2H3,(H2,12,13,14). The molecule has 0 saturated heterocycles. The number of halogens is 1. The van der Waals surface area contributed by atoms with E-state index < -0.39 is 0 Å². The van der Waals surface area contributed by atoms with E-state index in [4.69, 9.17) is 0 Å². The second-order valence-corrected chi connectivity index (χ2v) is 4.46. The number of hydrogen-bond donors (Lipinski definition) is 2. The summed E-state index contributed by atoms with van der Waals surface area (Å²) in [6, 6.07) is 6.39. The van der Waals surface area contributed by atoms with Gasteiger partial charge in [0.05, 0.1) is 11.0 Å². The third-order valence-corrected chi connectivity index (χ3v) is 2.36. The van der Waals surface area contributed by atoms with Crippen LogP contribution in [0.2, 0.25) is 0 Å². The summed E-state index contributed by atoms with van der Waals surface area (Å²) in [6.45, 7) is 4.17. The van der Waals surface area contributed by atoms with E-state index in [-0.39, 0.29) is 0 Å². The van der Waals surface area contributed by atoms with Crippen LogP contribution in [-0.2, 0) is 0 Å². The van der Waals surface area contributed by atoms with E-state index in [0.717, 1.165) is 21.5 Å². The number of nitrogens with one attached hydrogen (secondary N) is 2. The fourth-order valence-corrected chi connectivity index (χ4v) is 1.68. The van der Waals surface area contributed by atoms with Crippen molar-refractivity contribution in [3.63, 3.8) is 0 Å². The van der Waals surface area contributed by atoms with E-state index in [9.17, 15) is 0 Å². The molecule has 0 aliphatic carbocycles. The fraction of sp³-hybridized carbons (Fsp3) is 0.300. The number of benzene rings is 1. The zero-order valence-corrected chi connectivity index (χ0v) is 9.72. The van der Waals surface area contributed by atoms with Crippen molar-refractivity contribution in [2.75, 3.05) is 5.32 Å². The molecule has 0 spiro atoms. The van der Waals surface area contributed by atoms with Gasteiger partial charge in [0, 0.05) is 10.5 Å². The van der Waals surface area contributed by atoms with Gasteiger partial charge in [-0.05, 0) is 32.0 Å². The second-order valence-electron chi connectivity index (χ2n) is 3.55. The average Bonchev–Trinajstić information content (AvgIpc) is 2.44. The third-order valence-electron chi connectivity index (χ3n) is 1.87. The highest BCUT2D eigenvalue weighted by Crippen LogP contribution is 2.19. The van der Waals surface area contributed by atoms with Crippen molar-refractivity contribution >= 4 is 32.9 Å². The van der Waals surface area contributed by atoms with Gasteiger partial charge in [0.25, 0.3) is 0 Å². The maximum atomic E-state index is 4.41. The molecule has 1 heterocycles. The van der Waals surface area contributed by atoms with Gasteiger partial charge >= 0.3 is 0 Å². The summed E-state index contributed by atoms with van der Waals surface area (Å²) >= 11 is 3.42. The molecule has 0 bridgehead atoms. The summed E-state index contributed by atoms with van der Waals surface area (Å²) in [5.74, 6) is 0.827. The summed E-state index contributed by atoms with van der Waals surface area (Å²) in [5, 5.41) is 3.23. The first-order chi connectivity index (χ1) is 6.65. The monoisotopic (exact) mass is 253 g/mol. The van der Waals surface area contributed by atoms with Crippen molar-refractivity contribution in [3.05, 3.63) is 22.7 Å². The van der Waals surface area contributed by atoms with Gasteiger partial charge in [-0.2, -0.15) is 0 Å². The Kier molecular flexibility index (Phi) is 2.46. The minimum atomic E-state index is 0.388. The quantitative estimate of drug-likeness (QED) is 0.864. The highest BCUT2D eigenvalue weighted by atomic mass is 79.9. The first kappa shape index (κ1) is 9.52. The first-order valence-corrected chi connectivity index (χ1v) is 5.36. The number of aromatic nitrogens is 2. The molecule has 0 aliphatic rings. The minimum Gasteiger partial charge on any atom is -0.354 e. The molecule has 1 aromatic heterocycles. The number of nitrogens with zero attached hydrogens (tertiary/aromatic N) is 1. The molecule has 0 fully saturated rings. The Balaban J connectivity index is 2.41. The van der Waals surface area contributed by atoms with Crippen LogP contribution in [0.25, 0.3) is 11.0 Å². The lowest BCUT2D eigenvalue weighted by Gasteiger charge is -2.04. The first-order valence-electron chi connectivity index (χ1n) is 4.57. The Labute approximate surface area is 91.1 Å². The van der Waals surface area contributed by atoms with E-state index in [2.05, 4.69) is 45.1 Å². The summed E-state index contributed by atoms with van der Waals surface area (Å²) in [4.78, 5) is 7.62. The maximum absolute atomic E-state index is 4.41. The molecule has 1 aromatic carbocycles. The van der Waals surface area contributed by atoms with Crippen molar-refractivity contribution in [1.82, 2.24) is 9.97 Å². The van der Waals surface area contributed by atoms with Crippen LogP contribution in [0.4, 0.5) is 5.95 Å². The van der Waals surface area contributed by atoms with Crippen LogP contribution < -0.4 is 5.32 Å². The number of H-pyrrole nitrogens is 1. The van der Waals surface area contributed by atoms with E-state index in [1.807, 2.05) is 18.2 Å². The van der Waals surface area contributed by atoms with E-state index in [1.54, 1.807) is 0 Å². The Morgan fingerprint density at radius 1 is 1.43 bits per heavy atom. The molecule has 2 rings (SSSR count). The second kappa shape index (κ2) is 3.61. The van der Waals surface area contributed by atoms with Crippen molar-refractivity contribution in [2.24, 2.45) is 0 Å². The van der Waals surface area contributed by atoms with Crippen LogP contribution in [0.15, 0.2) is 22.7 Å². The molecular formula is C10H12BrN3. The number of hydrogen-bond acceptors (Lipinski definition) is 2. The lowest BCUT2D eigenvalue weighted by Crippen LogP contribution is -2.10. The SMILES string of the molecule is CC(C)Nc1nc2ccc(Br)cc2[nH]1. The zero-order valence-electron chi connectivity index (χ0n) is 8.13. The Morgan fingerprint density at radius 2 is 2.21 bits per heavy atom. The number of rotatable bonds is 2. The molecule has 0 amide bonds. The summed E-state index contributed by atoms with van der Waals surface area (Å²) in [5.41, 5.74) is 2.03. The Hall–Kier alpha value is -1.03. The highest BCUT2D eigenvalue weighted by molar-refractivity contribution is 9.10. The topological polar surface area (TPSA) is 40.7 Å². The van der Waals surface area contributed by atoms with Crippen molar-refractivity contribution in [3.8, 4) is 0 Å². The molecule has 74 valence electrons. The fourth-order valence-electron chi connectivity index (χ4n) is 1.32. The predicted molar refractivity (Wildman–Crippen MR) is 62.6 cm³/mol. The molecule has 0 radical (unpaired) electrons.